The van der Waals surface area contributed by atoms with E-state index >= 15 is 0 Å². The molecule has 0 spiro atoms. The molecule has 0 aliphatic heterocycles. The molecule has 0 aliphatic carbocycles. The highest BCUT2D eigenvalue weighted by atomic mass is 127. The van der Waals surface area contributed by atoms with Gasteiger partial charge in [0.15, 0.2) is 5.78 Å². The van der Waals surface area contributed by atoms with Crippen LogP contribution in [0.4, 0.5) is 0 Å². The lowest BCUT2D eigenvalue weighted by molar-refractivity contribution is 0.103. The van der Waals surface area contributed by atoms with Crippen LogP contribution in [0.5, 0.6) is 0 Å². The van der Waals surface area contributed by atoms with Crippen LogP contribution in [0.25, 0.3) is 22.4 Å². The van der Waals surface area contributed by atoms with Gasteiger partial charge in [-0.25, -0.2) is 0 Å². The maximum atomic E-state index is 13.6. The molecule has 1 aromatic heterocycles. The van der Waals surface area contributed by atoms with Crippen LogP contribution in [-0.4, -0.2) is 10.8 Å². The van der Waals surface area contributed by atoms with Crippen LogP contribution in [-0.2, 0) is 0 Å². The maximum Gasteiger partial charge on any atom is 0.195 e. The molecule has 0 unspecified atom stereocenters. The summed E-state index contributed by atoms with van der Waals surface area (Å²) < 4.78 is 0.957. The Balaban J connectivity index is 2.02. The number of benzene rings is 3. The number of ketones is 1. The Labute approximate surface area is 178 Å². The number of nitrogens with zero attached hydrogens (tertiary/aromatic N) is 1. The quantitative estimate of drug-likeness (QED) is 0.247. The molecule has 136 valence electrons. The SMILES string of the molecule is Cc1ccc(-c2ncc(I)c(-c3ccccc3)c2C(=O)c2ccccc2)cc1. The normalized spacial score (nSPS) is 10.6. The van der Waals surface area contributed by atoms with Gasteiger partial charge in [0, 0.05) is 26.5 Å². The minimum atomic E-state index is -0.0129. The first-order chi connectivity index (χ1) is 13.6. The molecule has 0 saturated heterocycles. The molecule has 28 heavy (non-hydrogen) atoms. The lowest BCUT2D eigenvalue weighted by atomic mass is 9.90. The molecule has 0 N–H and O–H groups in total. The Morgan fingerprint density at radius 1 is 0.786 bits per heavy atom. The van der Waals surface area contributed by atoms with Gasteiger partial charge in [0.1, 0.15) is 0 Å². The lowest BCUT2D eigenvalue weighted by Crippen LogP contribution is -2.09. The van der Waals surface area contributed by atoms with Crippen molar-refractivity contribution in [3.8, 4) is 22.4 Å². The smallest absolute Gasteiger partial charge is 0.195 e. The van der Waals surface area contributed by atoms with Gasteiger partial charge in [0.25, 0.3) is 0 Å². The van der Waals surface area contributed by atoms with Gasteiger partial charge in [-0.1, -0.05) is 90.5 Å². The highest BCUT2D eigenvalue weighted by molar-refractivity contribution is 14.1. The van der Waals surface area contributed by atoms with Crippen molar-refractivity contribution in [3.05, 3.63) is 111 Å². The number of carbonyl (C=O) groups excluding carboxylic acids is 1. The summed E-state index contributed by atoms with van der Waals surface area (Å²) in [6.45, 7) is 2.05. The molecule has 0 bridgehead atoms. The summed E-state index contributed by atoms with van der Waals surface area (Å²) in [4.78, 5) is 18.3. The number of halogens is 1. The van der Waals surface area contributed by atoms with E-state index in [2.05, 4.69) is 34.5 Å². The van der Waals surface area contributed by atoms with E-state index < -0.39 is 0 Å². The summed E-state index contributed by atoms with van der Waals surface area (Å²) >= 11 is 2.27. The third kappa shape index (κ3) is 3.62. The molecule has 0 atom stereocenters. The molecule has 0 fully saturated rings. The third-order valence-electron chi connectivity index (χ3n) is 4.68. The average molecular weight is 475 g/mol. The number of aryl methyl sites for hydroxylation is 1. The van der Waals surface area contributed by atoms with Crippen molar-refractivity contribution in [1.29, 1.82) is 0 Å². The minimum Gasteiger partial charge on any atom is -0.289 e. The highest BCUT2D eigenvalue weighted by Crippen LogP contribution is 2.36. The summed E-state index contributed by atoms with van der Waals surface area (Å²) in [7, 11) is 0. The highest BCUT2D eigenvalue weighted by Gasteiger charge is 2.23. The maximum absolute atomic E-state index is 13.6. The van der Waals surface area contributed by atoms with E-state index in [1.54, 1.807) is 0 Å². The van der Waals surface area contributed by atoms with E-state index in [4.69, 9.17) is 0 Å². The number of hydrogen-bond acceptors (Lipinski definition) is 2. The first-order valence-corrected chi connectivity index (χ1v) is 10.1. The summed E-state index contributed by atoms with van der Waals surface area (Å²) in [5, 5.41) is 0. The largest absolute Gasteiger partial charge is 0.289 e. The van der Waals surface area contributed by atoms with Crippen molar-refractivity contribution in [3.63, 3.8) is 0 Å². The van der Waals surface area contributed by atoms with Gasteiger partial charge in [-0.05, 0) is 35.1 Å². The second kappa shape index (κ2) is 8.07. The zero-order valence-electron chi connectivity index (χ0n) is 15.4. The van der Waals surface area contributed by atoms with E-state index in [9.17, 15) is 4.79 Å². The van der Waals surface area contributed by atoms with Crippen LogP contribution in [0.1, 0.15) is 21.5 Å². The second-order valence-electron chi connectivity index (χ2n) is 6.63. The number of pyridine rings is 1. The molecule has 4 rings (SSSR count). The number of carbonyl (C=O) groups is 1. The fraction of sp³-hybridized carbons (Fsp3) is 0.0400. The van der Waals surface area contributed by atoms with Gasteiger partial charge in [-0.2, -0.15) is 0 Å². The molecule has 4 aromatic rings. The van der Waals surface area contributed by atoms with Gasteiger partial charge >= 0.3 is 0 Å². The van der Waals surface area contributed by atoms with Gasteiger partial charge in [-0.15, -0.1) is 0 Å². The first-order valence-electron chi connectivity index (χ1n) is 9.06. The van der Waals surface area contributed by atoms with Gasteiger partial charge in [0.2, 0.25) is 0 Å². The van der Waals surface area contributed by atoms with Crippen molar-refractivity contribution in [2.45, 2.75) is 6.92 Å². The fourth-order valence-electron chi connectivity index (χ4n) is 3.26. The predicted octanol–water partition coefficient (Wildman–Crippen LogP) is 6.56. The molecule has 0 aliphatic rings. The predicted molar refractivity (Wildman–Crippen MR) is 122 cm³/mol. The monoisotopic (exact) mass is 475 g/mol. The number of aromatic nitrogens is 1. The number of hydrogen-bond donors (Lipinski definition) is 0. The fourth-order valence-corrected chi connectivity index (χ4v) is 3.98. The molecule has 3 aromatic carbocycles. The molecule has 1 heterocycles. The van der Waals surface area contributed by atoms with E-state index in [0.717, 1.165) is 20.3 Å². The van der Waals surface area contributed by atoms with E-state index in [-0.39, 0.29) is 5.78 Å². The average Bonchev–Trinajstić information content (AvgIpc) is 2.75. The van der Waals surface area contributed by atoms with Crippen molar-refractivity contribution in [2.75, 3.05) is 0 Å². The molecule has 3 heteroatoms. The van der Waals surface area contributed by atoms with Crippen molar-refractivity contribution >= 4 is 28.4 Å². The van der Waals surface area contributed by atoms with Crippen LogP contribution in [0, 0.1) is 10.5 Å². The summed E-state index contributed by atoms with van der Waals surface area (Å²) in [6, 6.07) is 27.6. The van der Waals surface area contributed by atoms with Gasteiger partial charge in [0.05, 0.1) is 11.3 Å². The van der Waals surface area contributed by atoms with Crippen LogP contribution in [0.15, 0.2) is 91.1 Å². The van der Waals surface area contributed by atoms with E-state index in [1.165, 1.54) is 5.56 Å². The summed E-state index contributed by atoms with van der Waals surface area (Å²) in [6.07, 6.45) is 1.85. The standard InChI is InChI=1S/C25H18INO/c1-17-12-14-19(15-13-17)24-23(25(28)20-10-6-3-7-11-20)22(21(26)16-27-24)18-8-4-2-5-9-18/h2-16H,1H3. The lowest BCUT2D eigenvalue weighted by Gasteiger charge is -2.16. The van der Waals surface area contributed by atoms with Crippen molar-refractivity contribution in [2.24, 2.45) is 0 Å². The molecular weight excluding hydrogens is 457 g/mol. The van der Waals surface area contributed by atoms with Crippen LogP contribution >= 0.6 is 22.6 Å². The summed E-state index contributed by atoms with van der Waals surface area (Å²) in [5.74, 6) is -0.0129. The van der Waals surface area contributed by atoms with Gasteiger partial charge in [-0.3, -0.25) is 9.78 Å². The van der Waals surface area contributed by atoms with Crippen LogP contribution in [0.3, 0.4) is 0 Å². The van der Waals surface area contributed by atoms with Crippen molar-refractivity contribution in [1.82, 2.24) is 4.98 Å². The van der Waals surface area contributed by atoms with Crippen LogP contribution in [0.2, 0.25) is 0 Å². The topological polar surface area (TPSA) is 30.0 Å². The molecule has 2 nitrogen and oxygen atoms in total. The van der Waals surface area contributed by atoms with Crippen LogP contribution < -0.4 is 0 Å². The first kappa shape index (κ1) is 18.6. The Hall–Kier alpha value is -2.79. The van der Waals surface area contributed by atoms with Crippen molar-refractivity contribution < 1.29 is 4.79 Å². The Morgan fingerprint density at radius 2 is 1.39 bits per heavy atom. The molecule has 0 saturated carbocycles. The zero-order valence-corrected chi connectivity index (χ0v) is 17.6. The Bertz CT molecular complexity index is 1120. The third-order valence-corrected chi connectivity index (χ3v) is 5.50. The second-order valence-corrected chi connectivity index (χ2v) is 7.79. The summed E-state index contributed by atoms with van der Waals surface area (Å²) in [5.41, 5.74) is 6.09. The Kier molecular flexibility index (Phi) is 5.35. The Morgan fingerprint density at radius 3 is 2.04 bits per heavy atom. The molecule has 0 radical (unpaired) electrons. The van der Waals surface area contributed by atoms with E-state index in [1.807, 2.05) is 91.1 Å². The van der Waals surface area contributed by atoms with Gasteiger partial charge < -0.3 is 0 Å². The number of rotatable bonds is 4. The minimum absolute atomic E-state index is 0.0129. The van der Waals surface area contributed by atoms with E-state index in [0.29, 0.717) is 16.8 Å². The molecule has 0 amide bonds. The molecular formula is C25H18INO. The zero-order chi connectivity index (χ0) is 19.5.